The minimum Gasteiger partial charge on any atom is -0.462 e. The predicted octanol–water partition coefficient (Wildman–Crippen LogP) is 19.9. The van der Waals surface area contributed by atoms with Gasteiger partial charge in [-0.25, -0.2) is 0 Å². The molecule has 66 heavy (non-hydrogen) atoms. The smallest absolute Gasteiger partial charge is 0.306 e. The molecule has 0 amide bonds. The van der Waals surface area contributed by atoms with Crippen LogP contribution < -0.4 is 0 Å². The second kappa shape index (κ2) is 56.0. The third-order valence-corrected chi connectivity index (χ3v) is 13.9. The molecule has 6 nitrogen and oxygen atoms in total. The van der Waals surface area contributed by atoms with E-state index in [-0.39, 0.29) is 31.1 Å². The van der Waals surface area contributed by atoms with Crippen LogP contribution in [0.1, 0.15) is 348 Å². The minimum absolute atomic E-state index is 0.0615. The first-order valence-electron chi connectivity index (χ1n) is 30.0. The number of hydrogen-bond acceptors (Lipinski definition) is 6. The summed E-state index contributed by atoms with van der Waals surface area (Å²) in [7, 11) is 0. The van der Waals surface area contributed by atoms with Crippen molar-refractivity contribution in [2.45, 2.75) is 354 Å². The lowest BCUT2D eigenvalue weighted by Crippen LogP contribution is -2.30. The molecule has 0 spiro atoms. The second-order valence-corrected chi connectivity index (χ2v) is 20.6. The van der Waals surface area contributed by atoms with Gasteiger partial charge >= 0.3 is 17.9 Å². The molecule has 6 heteroatoms. The van der Waals surface area contributed by atoms with Gasteiger partial charge in [-0.15, -0.1) is 0 Å². The quantitative estimate of drug-likeness (QED) is 0.0343. The Kier molecular flexibility index (Phi) is 54.7. The van der Waals surface area contributed by atoms with Crippen molar-refractivity contribution in [1.29, 1.82) is 0 Å². The summed E-state index contributed by atoms with van der Waals surface area (Å²) in [4.78, 5) is 38.0. The van der Waals surface area contributed by atoms with E-state index in [2.05, 4.69) is 20.8 Å². The van der Waals surface area contributed by atoms with Gasteiger partial charge in [0.1, 0.15) is 13.2 Å². The summed E-state index contributed by atoms with van der Waals surface area (Å²) in [6.45, 7) is 6.68. The molecule has 0 bridgehead atoms. The average Bonchev–Trinajstić information content (AvgIpc) is 3.31. The molecule has 0 fully saturated rings. The summed E-state index contributed by atoms with van der Waals surface area (Å²) in [5, 5.41) is 0. The highest BCUT2D eigenvalue weighted by atomic mass is 16.6. The lowest BCUT2D eigenvalue weighted by Gasteiger charge is -2.18. The second-order valence-electron chi connectivity index (χ2n) is 20.6. The standard InChI is InChI=1S/C60H116O6/c1-4-7-10-13-16-19-21-23-24-25-26-27-28-29-30-31-32-33-34-35-37-38-41-44-47-50-53-59(62)65-56-57(55-64-58(61)52-49-46-43-40-18-15-12-9-6-3)66-60(63)54-51-48-45-42-39-36-22-20-17-14-11-8-5-2/h57H,4-56H2,1-3H3. The molecule has 1 unspecified atom stereocenters. The molecule has 0 aromatic carbocycles. The van der Waals surface area contributed by atoms with Crippen molar-refractivity contribution >= 4 is 17.9 Å². The molecule has 0 aromatic rings. The Balaban J connectivity index is 4.06. The van der Waals surface area contributed by atoms with Crippen LogP contribution in [-0.4, -0.2) is 37.2 Å². The highest BCUT2D eigenvalue weighted by Crippen LogP contribution is 2.18. The maximum atomic E-state index is 12.8. The van der Waals surface area contributed by atoms with E-state index in [1.54, 1.807) is 0 Å². The number of rotatable bonds is 56. The van der Waals surface area contributed by atoms with Gasteiger partial charge in [-0.2, -0.15) is 0 Å². The Morgan fingerprint density at radius 3 is 0.606 bits per heavy atom. The lowest BCUT2D eigenvalue weighted by atomic mass is 10.0. The zero-order valence-corrected chi connectivity index (χ0v) is 45.0. The predicted molar refractivity (Wildman–Crippen MR) is 284 cm³/mol. The lowest BCUT2D eigenvalue weighted by molar-refractivity contribution is -0.167. The van der Waals surface area contributed by atoms with E-state index in [9.17, 15) is 14.4 Å². The van der Waals surface area contributed by atoms with E-state index in [4.69, 9.17) is 14.2 Å². The molecule has 0 aromatic heterocycles. The molecular weight excluding hydrogens is 817 g/mol. The highest BCUT2D eigenvalue weighted by molar-refractivity contribution is 5.71. The maximum absolute atomic E-state index is 12.8. The molecule has 0 N–H and O–H groups in total. The fourth-order valence-electron chi connectivity index (χ4n) is 9.33. The average molecular weight is 934 g/mol. The van der Waals surface area contributed by atoms with Crippen molar-refractivity contribution in [3.05, 3.63) is 0 Å². The molecule has 0 heterocycles. The van der Waals surface area contributed by atoms with Crippen LogP contribution in [0.5, 0.6) is 0 Å². The largest absolute Gasteiger partial charge is 0.462 e. The zero-order valence-electron chi connectivity index (χ0n) is 45.0. The Bertz CT molecular complexity index is 982. The number of esters is 3. The number of carbonyl (C=O) groups is 3. The van der Waals surface area contributed by atoms with Crippen LogP contribution in [0, 0.1) is 0 Å². The van der Waals surface area contributed by atoms with Crippen molar-refractivity contribution in [1.82, 2.24) is 0 Å². The van der Waals surface area contributed by atoms with Crippen LogP contribution >= 0.6 is 0 Å². The number of carbonyl (C=O) groups excluding carboxylic acids is 3. The van der Waals surface area contributed by atoms with Crippen molar-refractivity contribution in [2.24, 2.45) is 0 Å². The van der Waals surface area contributed by atoms with Gasteiger partial charge in [0.2, 0.25) is 0 Å². The number of ether oxygens (including phenoxy) is 3. The molecule has 0 saturated carbocycles. The molecule has 0 radical (unpaired) electrons. The fraction of sp³-hybridized carbons (Fsp3) is 0.950. The van der Waals surface area contributed by atoms with Gasteiger partial charge < -0.3 is 14.2 Å². The zero-order chi connectivity index (χ0) is 47.9. The fourth-order valence-corrected chi connectivity index (χ4v) is 9.33. The summed E-state index contributed by atoms with van der Waals surface area (Å²) < 4.78 is 16.8. The number of hydrogen-bond donors (Lipinski definition) is 0. The molecule has 0 aliphatic carbocycles. The highest BCUT2D eigenvalue weighted by Gasteiger charge is 2.19. The van der Waals surface area contributed by atoms with Gasteiger partial charge in [0.15, 0.2) is 6.10 Å². The van der Waals surface area contributed by atoms with Gasteiger partial charge in [-0.3, -0.25) is 14.4 Å². The van der Waals surface area contributed by atoms with Crippen LogP contribution in [0.3, 0.4) is 0 Å². The van der Waals surface area contributed by atoms with E-state index in [1.165, 1.54) is 250 Å². The molecule has 0 aliphatic rings. The SMILES string of the molecule is CCCCCCCCCCCCCCCCCCCCCCCCCCCCC(=O)OCC(COC(=O)CCCCCCCCCCC)OC(=O)CCCCCCCCCCCCCCC. The third-order valence-electron chi connectivity index (χ3n) is 13.9. The molecule has 0 saturated heterocycles. The van der Waals surface area contributed by atoms with Gasteiger partial charge in [0.25, 0.3) is 0 Å². The number of unbranched alkanes of at least 4 members (excludes halogenated alkanes) is 45. The molecule has 392 valence electrons. The first-order valence-corrected chi connectivity index (χ1v) is 30.0. The maximum Gasteiger partial charge on any atom is 0.306 e. The van der Waals surface area contributed by atoms with E-state index >= 15 is 0 Å². The van der Waals surface area contributed by atoms with Crippen LogP contribution in [0.25, 0.3) is 0 Å². The first-order chi connectivity index (χ1) is 32.5. The van der Waals surface area contributed by atoms with Gasteiger partial charge in [0, 0.05) is 19.3 Å². The summed E-state index contributed by atoms with van der Waals surface area (Å²) in [6, 6.07) is 0. The van der Waals surface area contributed by atoms with Crippen LogP contribution in [0.4, 0.5) is 0 Å². The monoisotopic (exact) mass is 933 g/mol. The van der Waals surface area contributed by atoms with Gasteiger partial charge in [-0.1, -0.05) is 310 Å². The molecule has 1 atom stereocenters. The molecule has 0 rings (SSSR count). The third kappa shape index (κ3) is 53.4. The van der Waals surface area contributed by atoms with Crippen molar-refractivity contribution in [2.75, 3.05) is 13.2 Å². The van der Waals surface area contributed by atoms with Gasteiger partial charge in [0.05, 0.1) is 0 Å². The Morgan fingerprint density at radius 1 is 0.242 bits per heavy atom. The summed E-state index contributed by atoms with van der Waals surface area (Å²) in [6.07, 6.45) is 62.7. The Morgan fingerprint density at radius 2 is 0.409 bits per heavy atom. The minimum atomic E-state index is -0.760. The first kappa shape index (κ1) is 64.4. The Labute approximate surface area is 412 Å². The van der Waals surface area contributed by atoms with E-state index in [0.29, 0.717) is 19.3 Å². The van der Waals surface area contributed by atoms with Crippen LogP contribution in [-0.2, 0) is 28.6 Å². The van der Waals surface area contributed by atoms with Crippen LogP contribution in [0.15, 0.2) is 0 Å². The summed E-state index contributed by atoms with van der Waals surface area (Å²) in [5.74, 6) is -0.838. The molecular formula is C60H116O6. The van der Waals surface area contributed by atoms with Crippen molar-refractivity contribution in [3.63, 3.8) is 0 Å². The van der Waals surface area contributed by atoms with Crippen molar-refractivity contribution in [3.8, 4) is 0 Å². The molecule has 0 aliphatic heterocycles. The van der Waals surface area contributed by atoms with E-state index in [0.717, 1.165) is 57.8 Å². The summed E-state index contributed by atoms with van der Waals surface area (Å²) >= 11 is 0. The normalized spacial score (nSPS) is 11.9. The van der Waals surface area contributed by atoms with Crippen molar-refractivity contribution < 1.29 is 28.6 Å². The Hall–Kier alpha value is -1.59. The topological polar surface area (TPSA) is 78.9 Å². The van der Waals surface area contributed by atoms with Gasteiger partial charge in [-0.05, 0) is 19.3 Å². The summed E-state index contributed by atoms with van der Waals surface area (Å²) in [5.41, 5.74) is 0. The van der Waals surface area contributed by atoms with E-state index in [1.807, 2.05) is 0 Å². The van der Waals surface area contributed by atoms with E-state index < -0.39 is 6.10 Å². The van der Waals surface area contributed by atoms with Crippen LogP contribution in [0.2, 0.25) is 0 Å².